The number of rotatable bonds is 6. The first-order valence-corrected chi connectivity index (χ1v) is 12.9. The summed E-state index contributed by atoms with van der Waals surface area (Å²) in [6, 6.07) is 1.29. The van der Waals surface area contributed by atoms with Crippen molar-refractivity contribution in [2.45, 2.75) is 76.6 Å². The SMILES string of the molecule is Cc1cnc(-c2[nH]ncc2NC(=O)N2CC(C3CCC3)C(O)(C(F)(F)F)CC23CC3)cc1OCC(C)C. The molecule has 3 heterocycles. The number of ether oxygens (including phenoxy) is 1. The number of pyridine rings is 1. The van der Waals surface area contributed by atoms with Crippen LogP contribution in [-0.2, 0) is 0 Å². The molecule has 202 valence electrons. The molecule has 5 rings (SSSR count). The summed E-state index contributed by atoms with van der Waals surface area (Å²) in [6.45, 7) is 6.42. The van der Waals surface area contributed by atoms with Crippen LogP contribution < -0.4 is 10.1 Å². The summed E-state index contributed by atoms with van der Waals surface area (Å²) in [5.74, 6) is -0.269. The molecule has 1 saturated heterocycles. The highest BCUT2D eigenvalue weighted by atomic mass is 19.4. The third kappa shape index (κ3) is 4.66. The molecule has 0 radical (unpaired) electrons. The van der Waals surface area contributed by atoms with E-state index in [9.17, 15) is 23.1 Å². The van der Waals surface area contributed by atoms with Crippen molar-refractivity contribution in [3.63, 3.8) is 0 Å². The van der Waals surface area contributed by atoms with Gasteiger partial charge in [0.25, 0.3) is 0 Å². The molecule has 8 nitrogen and oxygen atoms in total. The Kier molecular flexibility index (Phi) is 6.40. The predicted molar refractivity (Wildman–Crippen MR) is 131 cm³/mol. The number of nitrogens with one attached hydrogen (secondary N) is 2. The Morgan fingerprint density at radius 2 is 2.05 bits per heavy atom. The van der Waals surface area contributed by atoms with E-state index in [2.05, 4.69) is 34.3 Å². The number of aromatic nitrogens is 3. The largest absolute Gasteiger partial charge is 0.493 e. The van der Waals surface area contributed by atoms with Crippen LogP contribution in [0.3, 0.4) is 0 Å². The Morgan fingerprint density at radius 1 is 1.32 bits per heavy atom. The first-order valence-electron chi connectivity index (χ1n) is 12.9. The molecule has 2 unspecified atom stereocenters. The Balaban J connectivity index is 1.38. The minimum Gasteiger partial charge on any atom is -0.493 e. The number of carbonyl (C=O) groups excluding carboxylic acids is 1. The van der Waals surface area contributed by atoms with E-state index in [1.54, 1.807) is 12.3 Å². The summed E-state index contributed by atoms with van der Waals surface area (Å²) in [7, 11) is 0. The lowest BCUT2D eigenvalue weighted by molar-refractivity contribution is -0.306. The van der Waals surface area contributed by atoms with Crippen LogP contribution >= 0.6 is 0 Å². The number of alkyl halides is 3. The number of hydrogen-bond donors (Lipinski definition) is 3. The molecule has 3 N–H and O–H groups in total. The molecule has 1 aliphatic heterocycles. The summed E-state index contributed by atoms with van der Waals surface area (Å²) in [6.07, 6.45) is 0.911. The summed E-state index contributed by atoms with van der Waals surface area (Å²) >= 11 is 0. The third-order valence-corrected chi connectivity index (χ3v) is 8.21. The minimum absolute atomic E-state index is 0.129. The van der Waals surface area contributed by atoms with Crippen molar-refractivity contribution in [1.82, 2.24) is 20.1 Å². The Labute approximate surface area is 214 Å². The number of nitrogens with zero attached hydrogens (tertiary/aromatic N) is 3. The number of carbonyl (C=O) groups is 1. The monoisotopic (exact) mass is 521 g/mol. The number of aromatic amines is 1. The van der Waals surface area contributed by atoms with E-state index >= 15 is 0 Å². The van der Waals surface area contributed by atoms with Gasteiger partial charge in [0.2, 0.25) is 0 Å². The van der Waals surface area contributed by atoms with E-state index in [1.807, 2.05) is 6.92 Å². The number of likely N-dealkylation sites (tertiary alicyclic amines) is 1. The third-order valence-electron chi connectivity index (χ3n) is 8.21. The molecule has 2 aliphatic carbocycles. The van der Waals surface area contributed by atoms with Gasteiger partial charge in [-0.1, -0.05) is 20.3 Å². The van der Waals surface area contributed by atoms with Crippen LogP contribution in [0.5, 0.6) is 5.75 Å². The average molecular weight is 522 g/mol. The van der Waals surface area contributed by atoms with Crippen molar-refractivity contribution >= 4 is 11.7 Å². The molecule has 11 heteroatoms. The zero-order chi connectivity index (χ0) is 26.6. The van der Waals surface area contributed by atoms with Gasteiger partial charge in [0.15, 0.2) is 5.60 Å². The molecule has 0 bridgehead atoms. The molecule has 2 aromatic heterocycles. The van der Waals surface area contributed by atoms with E-state index in [4.69, 9.17) is 4.74 Å². The molecule has 2 saturated carbocycles. The fourth-order valence-electron chi connectivity index (χ4n) is 5.66. The molecule has 2 aromatic rings. The number of hydrogen-bond acceptors (Lipinski definition) is 5. The number of piperidine rings is 1. The van der Waals surface area contributed by atoms with E-state index in [1.165, 1.54) is 11.1 Å². The maximum atomic E-state index is 14.1. The van der Waals surface area contributed by atoms with Gasteiger partial charge < -0.3 is 20.1 Å². The maximum absolute atomic E-state index is 14.1. The van der Waals surface area contributed by atoms with Crippen molar-refractivity contribution in [2.75, 3.05) is 18.5 Å². The summed E-state index contributed by atoms with van der Waals surface area (Å²) in [5, 5.41) is 20.7. The zero-order valence-corrected chi connectivity index (χ0v) is 21.4. The van der Waals surface area contributed by atoms with Gasteiger partial charge in [-0.25, -0.2) is 4.79 Å². The zero-order valence-electron chi connectivity index (χ0n) is 21.4. The number of anilines is 1. The first-order chi connectivity index (χ1) is 17.4. The fourth-order valence-corrected chi connectivity index (χ4v) is 5.66. The number of halogens is 3. The lowest BCUT2D eigenvalue weighted by Crippen LogP contribution is -2.67. The number of aryl methyl sites for hydroxylation is 1. The number of H-pyrrole nitrogens is 1. The quantitative estimate of drug-likeness (QED) is 0.479. The van der Waals surface area contributed by atoms with Gasteiger partial charge in [-0.05, 0) is 44.4 Å². The smallest absolute Gasteiger partial charge is 0.417 e. The van der Waals surface area contributed by atoms with Gasteiger partial charge in [-0.3, -0.25) is 10.1 Å². The predicted octanol–water partition coefficient (Wildman–Crippen LogP) is 5.29. The van der Waals surface area contributed by atoms with Crippen LogP contribution in [0.4, 0.5) is 23.7 Å². The van der Waals surface area contributed by atoms with Crippen LogP contribution in [0.2, 0.25) is 0 Å². The molecule has 2 amide bonds. The van der Waals surface area contributed by atoms with Gasteiger partial charge in [0.1, 0.15) is 11.4 Å². The van der Waals surface area contributed by atoms with Gasteiger partial charge in [-0.15, -0.1) is 0 Å². The molecule has 2 atom stereocenters. The number of urea groups is 1. The fraction of sp³-hybridized carbons (Fsp3) is 0.654. The number of amides is 2. The second kappa shape index (κ2) is 9.18. The van der Waals surface area contributed by atoms with Gasteiger partial charge in [-0.2, -0.15) is 18.3 Å². The van der Waals surface area contributed by atoms with Gasteiger partial charge >= 0.3 is 12.2 Å². The molecular formula is C26H34F3N5O3. The molecule has 3 fully saturated rings. The highest BCUT2D eigenvalue weighted by Gasteiger charge is 2.70. The number of aliphatic hydroxyl groups is 1. The summed E-state index contributed by atoms with van der Waals surface area (Å²) in [4.78, 5) is 19.5. The Morgan fingerprint density at radius 3 is 2.65 bits per heavy atom. The van der Waals surface area contributed by atoms with Crippen LogP contribution in [-0.4, -0.2) is 61.7 Å². The van der Waals surface area contributed by atoms with Crippen molar-refractivity contribution < 1.29 is 27.8 Å². The van der Waals surface area contributed by atoms with E-state index in [0.717, 1.165) is 12.0 Å². The Hall–Kier alpha value is -2.82. The van der Waals surface area contributed by atoms with Crippen LogP contribution in [0.15, 0.2) is 18.5 Å². The second-order valence-electron chi connectivity index (χ2n) is 11.4. The molecular weight excluding hydrogens is 487 g/mol. The lowest BCUT2D eigenvalue weighted by atomic mass is 9.64. The van der Waals surface area contributed by atoms with Crippen LogP contribution in [0.1, 0.15) is 57.9 Å². The standard InChI is InChI=1S/C26H34F3N5O3/c1-15(2)13-37-21-9-19(30-10-16(21)3)22-20(11-31-33-22)32-23(35)34-12-18(17-5-4-6-17)25(36,26(27,28)29)14-24(34)7-8-24/h9-11,15,17-18,36H,4-8,12-14H2,1-3H3,(H,31,33)(H,32,35). The average Bonchev–Trinajstić information content (AvgIpc) is 3.38. The Bertz CT molecular complexity index is 1160. The van der Waals surface area contributed by atoms with E-state index < -0.39 is 35.7 Å². The second-order valence-corrected chi connectivity index (χ2v) is 11.4. The van der Waals surface area contributed by atoms with Crippen molar-refractivity contribution in [3.05, 3.63) is 24.0 Å². The molecule has 3 aliphatic rings. The topological polar surface area (TPSA) is 103 Å². The van der Waals surface area contributed by atoms with Gasteiger partial charge in [0, 0.05) is 42.2 Å². The maximum Gasteiger partial charge on any atom is 0.417 e. The lowest BCUT2D eigenvalue weighted by Gasteiger charge is -2.53. The summed E-state index contributed by atoms with van der Waals surface area (Å²) in [5.41, 5.74) is -1.51. The summed E-state index contributed by atoms with van der Waals surface area (Å²) < 4.78 is 48.2. The van der Waals surface area contributed by atoms with E-state index in [-0.39, 0.29) is 12.5 Å². The highest BCUT2D eigenvalue weighted by Crippen LogP contribution is 2.59. The first kappa shape index (κ1) is 25.8. The minimum atomic E-state index is -4.74. The molecule has 1 spiro atoms. The van der Waals surface area contributed by atoms with Crippen molar-refractivity contribution in [3.8, 4) is 17.1 Å². The van der Waals surface area contributed by atoms with Crippen molar-refractivity contribution in [1.29, 1.82) is 0 Å². The normalized spacial score (nSPS) is 25.3. The highest BCUT2D eigenvalue weighted by molar-refractivity contribution is 5.93. The van der Waals surface area contributed by atoms with Crippen molar-refractivity contribution in [2.24, 2.45) is 17.8 Å². The van der Waals surface area contributed by atoms with Crippen LogP contribution in [0.25, 0.3) is 11.4 Å². The molecule has 37 heavy (non-hydrogen) atoms. The van der Waals surface area contributed by atoms with Crippen LogP contribution in [0, 0.1) is 24.7 Å². The van der Waals surface area contributed by atoms with E-state index in [0.29, 0.717) is 61.0 Å². The molecule has 0 aromatic carbocycles. The van der Waals surface area contributed by atoms with Gasteiger partial charge in [0.05, 0.1) is 24.2 Å².